The van der Waals surface area contributed by atoms with Crippen LogP contribution in [-0.2, 0) is 15.4 Å². The van der Waals surface area contributed by atoms with E-state index in [4.69, 9.17) is 0 Å². The molecule has 108 valence electrons. The molecule has 0 radical (unpaired) electrons. The van der Waals surface area contributed by atoms with Crippen LogP contribution in [0.1, 0.15) is 32.3 Å². The predicted molar refractivity (Wildman–Crippen MR) is 80.8 cm³/mol. The summed E-state index contributed by atoms with van der Waals surface area (Å²) < 4.78 is 26.9. The van der Waals surface area contributed by atoms with Gasteiger partial charge >= 0.3 is 0 Å². The molecule has 1 saturated carbocycles. The molecular weight excluding hydrogens is 340 g/mol. The minimum atomic E-state index is -3.64. The van der Waals surface area contributed by atoms with Crippen molar-refractivity contribution in [2.75, 3.05) is 0 Å². The molecule has 2 rings (SSSR count). The maximum atomic E-state index is 12.8. The Morgan fingerprint density at radius 2 is 1.90 bits per heavy atom. The van der Waals surface area contributed by atoms with Crippen LogP contribution in [0.3, 0.4) is 0 Å². The van der Waals surface area contributed by atoms with E-state index in [2.05, 4.69) is 22.0 Å². The van der Waals surface area contributed by atoms with Gasteiger partial charge in [-0.2, -0.15) is 9.57 Å². The highest BCUT2D eigenvalue weighted by Crippen LogP contribution is 2.37. The number of rotatable bonds is 5. The maximum Gasteiger partial charge on any atom is 0.244 e. The first-order valence-corrected chi connectivity index (χ1v) is 9.00. The zero-order valence-electron chi connectivity index (χ0n) is 11.5. The summed E-state index contributed by atoms with van der Waals surface area (Å²) in [5, 5.41) is 9.96. The molecule has 0 unspecified atom stereocenters. The third-order valence-electron chi connectivity index (χ3n) is 3.34. The summed E-state index contributed by atoms with van der Waals surface area (Å²) in [5.41, 5.74) is -0.0184. The molecule has 1 aromatic carbocycles. The van der Waals surface area contributed by atoms with Crippen molar-refractivity contribution in [2.45, 2.75) is 48.5 Å². The molecule has 1 aliphatic rings. The fourth-order valence-electron chi connectivity index (χ4n) is 2.18. The minimum Gasteiger partial charge on any atom is -0.207 e. The maximum absolute atomic E-state index is 12.8. The van der Waals surface area contributed by atoms with Gasteiger partial charge in [0.1, 0.15) is 5.54 Å². The van der Waals surface area contributed by atoms with Crippen LogP contribution >= 0.6 is 15.9 Å². The van der Waals surface area contributed by atoms with Gasteiger partial charge in [0.25, 0.3) is 0 Å². The van der Waals surface area contributed by atoms with Gasteiger partial charge in [0.05, 0.1) is 11.0 Å². The summed E-state index contributed by atoms with van der Waals surface area (Å²) in [4.78, 5) is 0.248. The Labute approximate surface area is 128 Å². The normalized spacial score (nSPS) is 16.1. The van der Waals surface area contributed by atoms with Crippen molar-refractivity contribution in [2.24, 2.45) is 0 Å². The zero-order chi connectivity index (χ0) is 15.0. The second-order valence-corrected chi connectivity index (χ2v) is 7.86. The van der Waals surface area contributed by atoms with Gasteiger partial charge in [-0.1, -0.05) is 28.1 Å². The van der Waals surface area contributed by atoms with E-state index in [1.807, 2.05) is 0 Å². The van der Waals surface area contributed by atoms with Crippen molar-refractivity contribution >= 4 is 26.0 Å². The van der Waals surface area contributed by atoms with E-state index in [1.165, 1.54) is 4.31 Å². The summed E-state index contributed by atoms with van der Waals surface area (Å²) in [6, 6.07) is 8.83. The molecule has 0 amide bonds. The first-order chi connectivity index (χ1) is 9.32. The molecule has 4 nitrogen and oxygen atoms in total. The number of hydrogen-bond acceptors (Lipinski definition) is 3. The van der Waals surface area contributed by atoms with Crippen molar-refractivity contribution < 1.29 is 8.42 Å². The number of nitrogens with zero attached hydrogens (tertiary/aromatic N) is 2. The Bertz CT molecular complexity index is 628. The van der Waals surface area contributed by atoms with Crippen molar-refractivity contribution in [1.29, 1.82) is 5.26 Å². The van der Waals surface area contributed by atoms with Crippen LogP contribution in [0.15, 0.2) is 29.2 Å². The Hall–Kier alpha value is -0.900. The zero-order valence-corrected chi connectivity index (χ0v) is 13.9. The Morgan fingerprint density at radius 1 is 1.35 bits per heavy atom. The SMILES string of the molecule is CC(C)(C#N)N(C1CC1)S(=O)(=O)c1ccc(CBr)cc1. The average Bonchev–Trinajstić information content (AvgIpc) is 3.22. The Balaban J connectivity index is 2.43. The van der Waals surface area contributed by atoms with Gasteiger partial charge in [0.2, 0.25) is 10.0 Å². The van der Waals surface area contributed by atoms with Crippen LogP contribution in [0.25, 0.3) is 0 Å². The molecule has 0 bridgehead atoms. The molecule has 1 aliphatic carbocycles. The summed E-state index contributed by atoms with van der Waals surface area (Å²) in [5.74, 6) is 0. The van der Waals surface area contributed by atoms with E-state index in [-0.39, 0.29) is 10.9 Å². The third-order valence-corrected chi connectivity index (χ3v) is 6.13. The summed E-state index contributed by atoms with van der Waals surface area (Å²) in [7, 11) is -3.64. The quantitative estimate of drug-likeness (QED) is 0.761. The molecule has 0 atom stereocenters. The van der Waals surface area contributed by atoms with E-state index in [0.29, 0.717) is 5.33 Å². The largest absolute Gasteiger partial charge is 0.244 e. The van der Waals surface area contributed by atoms with E-state index in [1.54, 1.807) is 38.1 Å². The van der Waals surface area contributed by atoms with Crippen LogP contribution in [0.5, 0.6) is 0 Å². The van der Waals surface area contributed by atoms with E-state index in [9.17, 15) is 13.7 Å². The number of sulfonamides is 1. The lowest BCUT2D eigenvalue weighted by Gasteiger charge is -2.32. The highest BCUT2D eigenvalue weighted by Gasteiger charge is 2.46. The molecule has 6 heteroatoms. The van der Waals surface area contributed by atoms with E-state index >= 15 is 0 Å². The second kappa shape index (κ2) is 5.47. The molecule has 0 spiro atoms. The van der Waals surface area contributed by atoms with Gasteiger partial charge < -0.3 is 0 Å². The van der Waals surface area contributed by atoms with Crippen molar-refractivity contribution in [3.8, 4) is 6.07 Å². The average molecular weight is 357 g/mol. The van der Waals surface area contributed by atoms with Crippen LogP contribution < -0.4 is 0 Å². The van der Waals surface area contributed by atoms with Crippen LogP contribution in [-0.4, -0.2) is 24.3 Å². The predicted octanol–water partition coefficient (Wildman–Crippen LogP) is 3.04. The number of benzene rings is 1. The first kappa shape index (κ1) is 15.5. The Kier molecular flexibility index (Phi) is 4.24. The Morgan fingerprint density at radius 3 is 2.30 bits per heavy atom. The van der Waals surface area contributed by atoms with Crippen LogP contribution in [0.2, 0.25) is 0 Å². The lowest BCUT2D eigenvalue weighted by Crippen LogP contribution is -2.48. The monoisotopic (exact) mass is 356 g/mol. The van der Waals surface area contributed by atoms with Gasteiger partial charge in [0.15, 0.2) is 0 Å². The fourth-order valence-corrected chi connectivity index (χ4v) is 4.50. The van der Waals surface area contributed by atoms with Gasteiger partial charge in [-0.15, -0.1) is 0 Å². The minimum absolute atomic E-state index is 0.0505. The topological polar surface area (TPSA) is 61.2 Å². The lowest BCUT2D eigenvalue weighted by atomic mass is 10.1. The van der Waals surface area contributed by atoms with Crippen LogP contribution in [0, 0.1) is 11.3 Å². The third kappa shape index (κ3) is 2.90. The standard InChI is InChI=1S/C14H17BrN2O2S/c1-14(2,10-16)17(12-5-6-12)20(18,19)13-7-3-11(9-15)4-8-13/h3-4,7-8,12H,5-6,9H2,1-2H3. The fraction of sp³-hybridized carbons (Fsp3) is 0.500. The smallest absolute Gasteiger partial charge is 0.207 e. The lowest BCUT2D eigenvalue weighted by molar-refractivity contribution is 0.280. The van der Waals surface area contributed by atoms with E-state index < -0.39 is 15.6 Å². The molecule has 0 heterocycles. The molecule has 0 aromatic heterocycles. The van der Waals surface area contributed by atoms with Gasteiger partial charge in [0, 0.05) is 11.4 Å². The highest BCUT2D eigenvalue weighted by atomic mass is 79.9. The molecular formula is C14H17BrN2O2S. The van der Waals surface area contributed by atoms with Gasteiger partial charge in [-0.05, 0) is 44.4 Å². The molecule has 0 saturated heterocycles. The van der Waals surface area contributed by atoms with Crippen molar-refractivity contribution in [1.82, 2.24) is 4.31 Å². The molecule has 1 fully saturated rings. The number of halogens is 1. The van der Waals surface area contributed by atoms with Crippen molar-refractivity contribution in [3.05, 3.63) is 29.8 Å². The van der Waals surface area contributed by atoms with Crippen LogP contribution in [0.4, 0.5) is 0 Å². The van der Waals surface area contributed by atoms with E-state index in [0.717, 1.165) is 18.4 Å². The first-order valence-electron chi connectivity index (χ1n) is 6.43. The van der Waals surface area contributed by atoms with Crippen molar-refractivity contribution in [3.63, 3.8) is 0 Å². The summed E-state index contributed by atoms with van der Waals surface area (Å²) in [6.07, 6.45) is 1.65. The highest BCUT2D eigenvalue weighted by molar-refractivity contribution is 9.08. The number of nitriles is 1. The molecule has 20 heavy (non-hydrogen) atoms. The van der Waals surface area contributed by atoms with Gasteiger partial charge in [-0.3, -0.25) is 0 Å². The van der Waals surface area contributed by atoms with Gasteiger partial charge in [-0.25, -0.2) is 8.42 Å². The molecule has 1 aromatic rings. The number of hydrogen-bond donors (Lipinski definition) is 0. The second-order valence-electron chi connectivity index (χ2n) is 5.48. The summed E-state index contributed by atoms with van der Waals surface area (Å²) in [6.45, 7) is 3.30. The molecule has 0 aliphatic heterocycles. The number of alkyl halides is 1. The summed E-state index contributed by atoms with van der Waals surface area (Å²) >= 11 is 3.33. The molecule has 0 N–H and O–H groups in total.